The standard InChI is InChI=1S/C20H26N2O5/c23-12-16(20(25)21-11-15-4-2-1-3-5-15)22-19(24)9-7-14-6-8-17-18(10-14)27-13-26-17/h6-10,15-16,23H,1-5,11-13H2,(H,21,25)(H,22,24). The quantitative estimate of drug-likeness (QED) is 0.630. The molecule has 0 spiro atoms. The molecule has 7 heteroatoms. The highest BCUT2D eigenvalue weighted by Crippen LogP contribution is 2.32. The summed E-state index contributed by atoms with van der Waals surface area (Å²) in [6, 6.07) is 4.39. The predicted octanol–water partition coefficient (Wildman–Crippen LogP) is 1.60. The van der Waals surface area contributed by atoms with Crippen LogP contribution in [0.1, 0.15) is 37.7 Å². The summed E-state index contributed by atoms with van der Waals surface area (Å²) in [6.45, 7) is 0.343. The first kappa shape index (κ1) is 19.2. The highest BCUT2D eigenvalue weighted by atomic mass is 16.7. The molecule has 0 saturated heterocycles. The molecule has 0 radical (unpaired) electrons. The van der Waals surface area contributed by atoms with E-state index >= 15 is 0 Å². The van der Waals surface area contributed by atoms with Crippen LogP contribution in [0.4, 0.5) is 0 Å². The molecule has 1 fully saturated rings. The van der Waals surface area contributed by atoms with Gasteiger partial charge in [0, 0.05) is 12.6 Å². The smallest absolute Gasteiger partial charge is 0.244 e. The number of benzene rings is 1. The Bertz CT molecular complexity index is 698. The van der Waals surface area contributed by atoms with Crippen molar-refractivity contribution in [1.82, 2.24) is 10.6 Å². The number of hydrogen-bond donors (Lipinski definition) is 3. The number of ether oxygens (including phenoxy) is 2. The fourth-order valence-electron chi connectivity index (χ4n) is 3.36. The van der Waals surface area contributed by atoms with E-state index in [1.165, 1.54) is 25.3 Å². The first-order valence-electron chi connectivity index (χ1n) is 9.42. The number of nitrogens with one attached hydrogen (secondary N) is 2. The van der Waals surface area contributed by atoms with Crippen LogP contribution in [0.5, 0.6) is 11.5 Å². The van der Waals surface area contributed by atoms with Gasteiger partial charge in [-0.15, -0.1) is 0 Å². The lowest BCUT2D eigenvalue weighted by Gasteiger charge is -2.23. The Balaban J connectivity index is 1.47. The second-order valence-electron chi connectivity index (χ2n) is 6.94. The zero-order chi connectivity index (χ0) is 19.1. The third-order valence-corrected chi connectivity index (χ3v) is 4.93. The first-order chi connectivity index (χ1) is 13.2. The number of hydrogen-bond acceptors (Lipinski definition) is 5. The Labute approximate surface area is 158 Å². The zero-order valence-electron chi connectivity index (χ0n) is 15.3. The van der Waals surface area contributed by atoms with Crippen molar-refractivity contribution in [2.75, 3.05) is 19.9 Å². The van der Waals surface area contributed by atoms with E-state index in [1.807, 2.05) is 0 Å². The number of aliphatic hydroxyl groups excluding tert-OH is 1. The van der Waals surface area contributed by atoms with Crippen LogP contribution < -0.4 is 20.1 Å². The lowest BCUT2D eigenvalue weighted by Crippen LogP contribution is -2.49. The summed E-state index contributed by atoms with van der Waals surface area (Å²) in [6.07, 6.45) is 8.84. The molecule has 1 saturated carbocycles. The Kier molecular flexibility index (Phi) is 6.70. The normalized spacial score (nSPS) is 17.7. The van der Waals surface area contributed by atoms with Gasteiger partial charge in [0.1, 0.15) is 6.04 Å². The minimum absolute atomic E-state index is 0.192. The van der Waals surface area contributed by atoms with Crippen molar-refractivity contribution < 1.29 is 24.2 Å². The third-order valence-electron chi connectivity index (χ3n) is 4.93. The molecule has 1 atom stereocenters. The monoisotopic (exact) mass is 374 g/mol. The topological polar surface area (TPSA) is 96.9 Å². The number of carbonyl (C=O) groups excluding carboxylic acids is 2. The predicted molar refractivity (Wildman–Crippen MR) is 100 cm³/mol. The van der Waals surface area contributed by atoms with Gasteiger partial charge in [0.25, 0.3) is 0 Å². The van der Waals surface area contributed by atoms with Gasteiger partial charge in [-0.2, -0.15) is 0 Å². The molecule has 0 aromatic heterocycles. The Morgan fingerprint density at radius 1 is 1.19 bits per heavy atom. The van der Waals surface area contributed by atoms with Crippen molar-refractivity contribution in [1.29, 1.82) is 0 Å². The van der Waals surface area contributed by atoms with E-state index in [-0.39, 0.29) is 12.7 Å². The lowest BCUT2D eigenvalue weighted by atomic mass is 9.89. The van der Waals surface area contributed by atoms with Crippen molar-refractivity contribution in [3.8, 4) is 11.5 Å². The van der Waals surface area contributed by atoms with Crippen molar-refractivity contribution in [2.24, 2.45) is 5.92 Å². The van der Waals surface area contributed by atoms with Crippen molar-refractivity contribution in [2.45, 2.75) is 38.1 Å². The van der Waals surface area contributed by atoms with E-state index < -0.39 is 18.6 Å². The molecule has 3 rings (SSSR count). The average Bonchev–Trinajstić information content (AvgIpc) is 3.17. The second kappa shape index (κ2) is 9.41. The van der Waals surface area contributed by atoms with Crippen LogP contribution in [0.25, 0.3) is 6.08 Å². The van der Waals surface area contributed by atoms with Gasteiger partial charge >= 0.3 is 0 Å². The van der Waals surface area contributed by atoms with Crippen molar-refractivity contribution in [3.05, 3.63) is 29.8 Å². The molecule has 1 aromatic carbocycles. The second-order valence-corrected chi connectivity index (χ2v) is 6.94. The molecule has 2 amide bonds. The zero-order valence-corrected chi connectivity index (χ0v) is 15.3. The van der Waals surface area contributed by atoms with Crippen LogP contribution in [-0.4, -0.2) is 42.9 Å². The molecule has 27 heavy (non-hydrogen) atoms. The maximum atomic E-state index is 12.2. The van der Waals surface area contributed by atoms with E-state index in [4.69, 9.17) is 9.47 Å². The van der Waals surface area contributed by atoms with Crippen molar-refractivity contribution in [3.63, 3.8) is 0 Å². The number of amides is 2. The van der Waals surface area contributed by atoms with E-state index in [0.717, 1.165) is 18.4 Å². The van der Waals surface area contributed by atoms with Crippen LogP contribution in [0.2, 0.25) is 0 Å². The van der Waals surface area contributed by atoms with Gasteiger partial charge in [0.2, 0.25) is 18.6 Å². The molecule has 146 valence electrons. The van der Waals surface area contributed by atoms with Crippen LogP contribution >= 0.6 is 0 Å². The molecule has 3 N–H and O–H groups in total. The summed E-state index contributed by atoms with van der Waals surface area (Å²) in [5, 5.41) is 14.8. The summed E-state index contributed by atoms with van der Waals surface area (Å²) in [5.41, 5.74) is 0.775. The fraction of sp³-hybridized carbons (Fsp3) is 0.500. The van der Waals surface area contributed by atoms with E-state index in [1.54, 1.807) is 24.3 Å². The number of aliphatic hydroxyl groups is 1. The van der Waals surface area contributed by atoms with Gasteiger partial charge < -0.3 is 25.2 Å². The molecule has 1 unspecified atom stereocenters. The minimum atomic E-state index is -0.956. The van der Waals surface area contributed by atoms with Crippen LogP contribution in [0.15, 0.2) is 24.3 Å². The maximum absolute atomic E-state index is 12.2. The minimum Gasteiger partial charge on any atom is -0.454 e. The summed E-state index contributed by atoms with van der Waals surface area (Å²) in [7, 11) is 0. The van der Waals surface area contributed by atoms with Gasteiger partial charge in [-0.3, -0.25) is 9.59 Å². The summed E-state index contributed by atoms with van der Waals surface area (Å²) >= 11 is 0. The molecule has 1 aliphatic heterocycles. The maximum Gasteiger partial charge on any atom is 0.244 e. The van der Waals surface area contributed by atoms with Crippen LogP contribution in [0, 0.1) is 5.92 Å². The molecule has 1 aliphatic carbocycles. The molecule has 1 aromatic rings. The summed E-state index contributed by atoms with van der Waals surface area (Å²) in [4.78, 5) is 24.3. The van der Waals surface area contributed by atoms with Gasteiger partial charge in [0.15, 0.2) is 11.5 Å². The number of rotatable bonds is 7. The molecular weight excluding hydrogens is 348 g/mol. The molecule has 0 bridgehead atoms. The molecule has 2 aliphatic rings. The van der Waals surface area contributed by atoms with Crippen LogP contribution in [-0.2, 0) is 9.59 Å². The molecule has 1 heterocycles. The highest BCUT2D eigenvalue weighted by Gasteiger charge is 2.21. The Morgan fingerprint density at radius 2 is 1.96 bits per heavy atom. The lowest BCUT2D eigenvalue weighted by molar-refractivity contribution is -0.128. The van der Waals surface area contributed by atoms with E-state index in [2.05, 4.69) is 10.6 Å². The average molecular weight is 374 g/mol. The van der Waals surface area contributed by atoms with Gasteiger partial charge in [-0.25, -0.2) is 0 Å². The highest BCUT2D eigenvalue weighted by molar-refractivity contribution is 5.95. The van der Waals surface area contributed by atoms with Gasteiger partial charge in [-0.05, 0) is 42.5 Å². The van der Waals surface area contributed by atoms with Gasteiger partial charge in [0.05, 0.1) is 6.61 Å². The van der Waals surface area contributed by atoms with E-state index in [0.29, 0.717) is 24.0 Å². The van der Waals surface area contributed by atoms with Crippen molar-refractivity contribution >= 4 is 17.9 Å². The van der Waals surface area contributed by atoms with E-state index in [9.17, 15) is 14.7 Å². The largest absolute Gasteiger partial charge is 0.454 e. The number of carbonyl (C=O) groups is 2. The summed E-state index contributed by atoms with van der Waals surface area (Å²) < 4.78 is 10.5. The number of fused-ring (bicyclic) bond motifs is 1. The Morgan fingerprint density at radius 3 is 2.74 bits per heavy atom. The molecule has 7 nitrogen and oxygen atoms in total. The fourth-order valence-corrected chi connectivity index (χ4v) is 3.36. The van der Waals surface area contributed by atoms with Gasteiger partial charge in [-0.1, -0.05) is 25.3 Å². The summed E-state index contributed by atoms with van der Waals surface area (Å²) in [5.74, 6) is 0.996. The SMILES string of the molecule is O=C(C=Cc1ccc2c(c1)OCO2)NC(CO)C(=O)NCC1CCCCC1. The molecular formula is C20H26N2O5. The third kappa shape index (κ3) is 5.47. The first-order valence-corrected chi connectivity index (χ1v) is 9.42. The van der Waals surface area contributed by atoms with Crippen LogP contribution in [0.3, 0.4) is 0 Å². The Hall–Kier alpha value is -2.54.